The highest BCUT2D eigenvalue weighted by molar-refractivity contribution is 6.07. The van der Waals surface area contributed by atoms with Crippen LogP contribution in [0, 0.1) is 11.8 Å². The number of nitrogens with one attached hydrogen (secondary N) is 4. The van der Waals surface area contributed by atoms with E-state index >= 15 is 0 Å². The van der Waals surface area contributed by atoms with Crippen LogP contribution in [-0.4, -0.2) is 100 Å². The van der Waals surface area contributed by atoms with E-state index in [1.165, 1.54) is 14.2 Å². The third kappa shape index (κ3) is 8.20. The van der Waals surface area contributed by atoms with Gasteiger partial charge >= 0.3 is 12.2 Å². The van der Waals surface area contributed by atoms with Gasteiger partial charge < -0.3 is 44.6 Å². The van der Waals surface area contributed by atoms with Crippen molar-refractivity contribution in [1.29, 1.82) is 0 Å². The smallest absolute Gasteiger partial charge is 0.407 e. The van der Waals surface area contributed by atoms with Gasteiger partial charge in [-0.05, 0) is 83.8 Å². The molecule has 4 heterocycles. The van der Waals surface area contributed by atoms with Crippen LogP contribution in [0.5, 0.6) is 0 Å². The molecule has 2 aromatic heterocycles. The zero-order valence-corrected chi connectivity index (χ0v) is 37.4. The van der Waals surface area contributed by atoms with Gasteiger partial charge in [0.05, 0.1) is 55.0 Å². The largest absolute Gasteiger partial charge is 0.453 e. The first kappa shape index (κ1) is 43.3. The Hall–Kier alpha value is -7.00. The SMILES string of the molecule is COC[C@H]1C[C@@H](c2nc3c(ccc4cc(-c5ccc6c(ccc7[nH]c([C@@H]8CC[C@@H](C)N8C(=O)[C@H](NC(=O)OC)c8ccccc8)nc76)c5)ccc43)[nH]2)N(C(=O)[C@@H](NC(=O)OC)C(C)C)C1. The van der Waals surface area contributed by atoms with E-state index in [2.05, 4.69) is 69.1 Å². The van der Waals surface area contributed by atoms with Gasteiger partial charge in [-0.15, -0.1) is 0 Å². The first-order chi connectivity index (χ1) is 31.5. The maximum Gasteiger partial charge on any atom is 0.407 e. The summed E-state index contributed by atoms with van der Waals surface area (Å²) in [5.41, 5.74) is 6.17. The van der Waals surface area contributed by atoms with Crippen molar-refractivity contribution in [3.8, 4) is 11.1 Å². The number of aromatic nitrogens is 4. The molecule has 0 spiro atoms. The summed E-state index contributed by atoms with van der Waals surface area (Å²) in [6, 6.07) is 27.9. The predicted molar refractivity (Wildman–Crippen MR) is 248 cm³/mol. The van der Waals surface area contributed by atoms with Crippen LogP contribution < -0.4 is 10.6 Å². The molecule has 0 unspecified atom stereocenters. The molecular weight excluding hydrogens is 825 g/mol. The highest BCUT2D eigenvalue weighted by Crippen LogP contribution is 2.40. The van der Waals surface area contributed by atoms with E-state index in [1.807, 2.05) is 73.0 Å². The maximum atomic E-state index is 14.3. The van der Waals surface area contributed by atoms with Gasteiger partial charge in [0.25, 0.3) is 5.91 Å². The fourth-order valence-corrected chi connectivity index (χ4v) is 9.86. The molecule has 336 valence electrons. The van der Waals surface area contributed by atoms with E-state index in [4.69, 9.17) is 24.2 Å². The van der Waals surface area contributed by atoms with Crippen molar-refractivity contribution >= 4 is 67.6 Å². The Balaban J connectivity index is 0.990. The van der Waals surface area contributed by atoms with E-state index in [0.29, 0.717) is 36.8 Å². The summed E-state index contributed by atoms with van der Waals surface area (Å²) < 4.78 is 15.2. The van der Waals surface area contributed by atoms with Crippen LogP contribution in [0.15, 0.2) is 91.0 Å². The number of ether oxygens (including phenoxy) is 3. The molecule has 15 heteroatoms. The first-order valence-electron chi connectivity index (χ1n) is 22.2. The minimum atomic E-state index is -0.912. The molecule has 6 atom stereocenters. The molecule has 4 N–H and O–H groups in total. The summed E-state index contributed by atoms with van der Waals surface area (Å²) in [7, 11) is 4.24. The van der Waals surface area contributed by atoms with E-state index in [0.717, 1.165) is 67.6 Å². The molecule has 0 aliphatic carbocycles. The number of carbonyl (C=O) groups is 4. The number of hydrogen-bond acceptors (Lipinski definition) is 9. The summed E-state index contributed by atoms with van der Waals surface area (Å²) in [6.45, 7) is 6.81. The lowest BCUT2D eigenvalue weighted by molar-refractivity contribution is -0.137. The van der Waals surface area contributed by atoms with Gasteiger partial charge in [-0.3, -0.25) is 9.59 Å². The number of benzene rings is 5. The molecule has 4 amide bonds. The Morgan fingerprint density at radius 2 is 1.31 bits per heavy atom. The highest BCUT2D eigenvalue weighted by Gasteiger charge is 2.43. The minimum absolute atomic E-state index is 0.0678. The molecule has 2 fully saturated rings. The Bertz CT molecular complexity index is 2930. The number of alkyl carbamates (subject to hydrolysis) is 2. The van der Waals surface area contributed by atoms with Crippen LogP contribution in [0.2, 0.25) is 0 Å². The Morgan fingerprint density at radius 1 is 0.723 bits per heavy atom. The number of aromatic amines is 2. The number of rotatable bonds is 11. The van der Waals surface area contributed by atoms with Gasteiger partial charge in [0.2, 0.25) is 5.91 Å². The third-order valence-corrected chi connectivity index (χ3v) is 13.2. The molecule has 2 aliphatic rings. The van der Waals surface area contributed by atoms with Gasteiger partial charge in [0.1, 0.15) is 23.7 Å². The quantitative estimate of drug-likeness (QED) is 0.0990. The van der Waals surface area contributed by atoms with E-state index < -0.39 is 24.3 Å². The zero-order chi connectivity index (χ0) is 45.5. The van der Waals surface area contributed by atoms with Crippen molar-refractivity contribution in [3.63, 3.8) is 0 Å². The van der Waals surface area contributed by atoms with E-state index in [-0.39, 0.29) is 41.8 Å². The van der Waals surface area contributed by atoms with Crippen LogP contribution >= 0.6 is 0 Å². The predicted octanol–water partition coefficient (Wildman–Crippen LogP) is 8.48. The molecule has 2 aliphatic heterocycles. The van der Waals surface area contributed by atoms with Crippen LogP contribution in [0.25, 0.3) is 54.7 Å². The van der Waals surface area contributed by atoms with Crippen molar-refractivity contribution in [2.75, 3.05) is 34.5 Å². The number of hydrogen-bond donors (Lipinski definition) is 4. The number of imidazole rings is 2. The van der Waals surface area contributed by atoms with Crippen LogP contribution in [0.1, 0.15) is 75.4 Å². The summed E-state index contributed by atoms with van der Waals surface area (Å²) in [5, 5.41) is 9.53. The van der Waals surface area contributed by atoms with E-state index in [9.17, 15) is 19.2 Å². The number of amides is 4. The summed E-state index contributed by atoms with van der Waals surface area (Å²) in [6.07, 6.45) is 0.867. The minimum Gasteiger partial charge on any atom is -0.453 e. The summed E-state index contributed by atoms with van der Waals surface area (Å²) in [4.78, 5) is 74.0. The van der Waals surface area contributed by atoms with Crippen molar-refractivity contribution in [2.24, 2.45) is 11.8 Å². The average molecular weight is 879 g/mol. The van der Waals surface area contributed by atoms with Crippen LogP contribution in [0.3, 0.4) is 0 Å². The lowest BCUT2D eigenvalue weighted by Gasteiger charge is -2.31. The van der Waals surface area contributed by atoms with Crippen LogP contribution in [0.4, 0.5) is 9.59 Å². The fraction of sp³-hybridized carbons (Fsp3) is 0.360. The molecular formula is C50H54N8O7. The molecule has 7 aromatic rings. The van der Waals surface area contributed by atoms with Crippen molar-refractivity contribution in [2.45, 2.75) is 70.2 Å². The van der Waals surface area contributed by atoms with Crippen molar-refractivity contribution in [1.82, 2.24) is 40.4 Å². The van der Waals surface area contributed by atoms with Gasteiger partial charge in [0, 0.05) is 36.4 Å². The fourth-order valence-electron chi connectivity index (χ4n) is 9.86. The molecule has 65 heavy (non-hydrogen) atoms. The van der Waals surface area contributed by atoms with Crippen LogP contribution in [-0.2, 0) is 23.8 Å². The summed E-state index contributed by atoms with van der Waals surface area (Å²) >= 11 is 0. The van der Waals surface area contributed by atoms with E-state index in [1.54, 1.807) is 7.11 Å². The van der Waals surface area contributed by atoms with Gasteiger partial charge in [-0.2, -0.15) is 0 Å². The second-order valence-corrected chi connectivity index (χ2v) is 17.6. The number of nitrogens with zero attached hydrogens (tertiary/aromatic N) is 4. The van der Waals surface area contributed by atoms with Crippen molar-refractivity contribution < 1.29 is 33.4 Å². The number of carbonyl (C=O) groups excluding carboxylic acids is 4. The van der Waals surface area contributed by atoms with Gasteiger partial charge in [-0.1, -0.05) is 80.6 Å². The second kappa shape index (κ2) is 17.9. The molecule has 0 bridgehead atoms. The molecule has 9 rings (SSSR count). The summed E-state index contributed by atoms with van der Waals surface area (Å²) in [5.74, 6) is 0.950. The molecule has 5 aromatic carbocycles. The number of likely N-dealkylation sites (tertiary alicyclic amines) is 2. The lowest BCUT2D eigenvalue weighted by atomic mass is 9.98. The van der Waals surface area contributed by atoms with Gasteiger partial charge in [0.15, 0.2) is 0 Å². The topological polar surface area (TPSA) is 184 Å². The third-order valence-electron chi connectivity index (χ3n) is 13.2. The Labute approximate surface area is 376 Å². The molecule has 0 radical (unpaired) electrons. The maximum absolute atomic E-state index is 14.3. The Morgan fingerprint density at radius 3 is 1.88 bits per heavy atom. The first-order valence-corrected chi connectivity index (χ1v) is 22.2. The standard InChI is InChI=1S/C50H54N8O7/c1-27(2)41(55-49(61)64-5)47(59)57-25-29(26-63-4)22-40(57)46-52-38-20-16-34-24-32(14-18-36(34)44(38)54-46)31-13-17-35-33(23-31)15-19-37-43(35)53-45(51-37)39-21-12-28(3)58(39)48(60)42(56-50(62)65-6)30-10-8-7-9-11-30/h7-11,13-20,23-24,27-29,39-42H,12,21-22,25-26H2,1-6H3,(H,51,53)(H,52,54)(H,55,61)(H,56,62)/t28-,29+,39+,40+,41+,42-/m1/s1. The molecule has 0 saturated carbocycles. The Kier molecular flexibility index (Phi) is 11.9. The number of methoxy groups -OCH3 is 3. The average Bonchev–Trinajstić information content (AvgIpc) is 4.14. The number of fused-ring (bicyclic) bond motifs is 6. The lowest BCUT2D eigenvalue weighted by Crippen LogP contribution is -2.51. The second-order valence-electron chi connectivity index (χ2n) is 17.6. The highest BCUT2D eigenvalue weighted by atomic mass is 16.5. The van der Waals surface area contributed by atoms with Crippen molar-refractivity contribution in [3.05, 3.63) is 108 Å². The zero-order valence-electron chi connectivity index (χ0n) is 37.4. The normalized spacial score (nSPS) is 19.6. The monoisotopic (exact) mass is 878 g/mol. The molecule has 15 nitrogen and oxygen atoms in total. The molecule has 2 saturated heterocycles. The number of H-pyrrole nitrogens is 2. The van der Waals surface area contributed by atoms with Gasteiger partial charge in [-0.25, -0.2) is 19.6 Å².